The summed E-state index contributed by atoms with van der Waals surface area (Å²) < 4.78 is 0. The average molecular weight is 306 g/mol. The van der Waals surface area contributed by atoms with Gasteiger partial charge < -0.3 is 5.32 Å². The van der Waals surface area contributed by atoms with Crippen LogP contribution in [0.25, 0.3) is 0 Å². The predicted octanol–water partition coefficient (Wildman–Crippen LogP) is 6.49. The van der Waals surface area contributed by atoms with Gasteiger partial charge in [0.05, 0.1) is 0 Å². The maximum Gasteiger partial charge on any atom is 0.0478 e. The van der Waals surface area contributed by atoms with E-state index in [0.717, 1.165) is 11.8 Å². The zero-order valence-corrected chi connectivity index (χ0v) is 14.4. The molecular weight excluding hydrogens is 274 g/mol. The van der Waals surface area contributed by atoms with E-state index in [2.05, 4.69) is 48.3 Å². The van der Waals surface area contributed by atoms with E-state index < -0.39 is 0 Å². The zero-order chi connectivity index (χ0) is 14.8. The fourth-order valence-corrected chi connectivity index (χ4v) is 4.38. The van der Waals surface area contributed by atoms with Crippen LogP contribution in [0.1, 0.15) is 71.1 Å². The van der Waals surface area contributed by atoms with Gasteiger partial charge in [0.25, 0.3) is 0 Å². The van der Waals surface area contributed by atoms with Crippen LogP contribution in [0.3, 0.4) is 0 Å². The van der Waals surface area contributed by atoms with E-state index in [4.69, 9.17) is 0 Å². The van der Waals surface area contributed by atoms with Crippen LogP contribution in [0.15, 0.2) is 29.2 Å². The maximum atomic E-state index is 3.66. The number of rotatable bonds is 10. The lowest BCUT2D eigenvalue weighted by atomic mass is 10.1. The van der Waals surface area contributed by atoms with Gasteiger partial charge in [-0.25, -0.2) is 0 Å². The summed E-state index contributed by atoms with van der Waals surface area (Å²) in [5.41, 5.74) is 1.35. The molecular formula is C19H31NS. The van der Waals surface area contributed by atoms with Crippen LogP contribution in [0.2, 0.25) is 0 Å². The molecule has 118 valence electrons. The minimum absolute atomic E-state index is 0.849. The van der Waals surface area contributed by atoms with Crippen molar-refractivity contribution in [3.8, 4) is 0 Å². The summed E-state index contributed by atoms with van der Waals surface area (Å²) >= 11 is 2.09. The highest BCUT2D eigenvalue weighted by Gasteiger charge is 2.17. The first kappa shape index (κ1) is 16.7. The topological polar surface area (TPSA) is 12.0 Å². The second kappa shape index (κ2) is 10.2. The van der Waals surface area contributed by atoms with Gasteiger partial charge in [0, 0.05) is 22.4 Å². The van der Waals surface area contributed by atoms with Gasteiger partial charge in [-0.05, 0) is 31.4 Å². The van der Waals surface area contributed by atoms with Gasteiger partial charge >= 0.3 is 0 Å². The third-order valence-electron chi connectivity index (χ3n) is 4.33. The minimum Gasteiger partial charge on any atom is -0.384 e. The number of benzene rings is 1. The van der Waals surface area contributed by atoms with Crippen LogP contribution >= 0.6 is 11.8 Å². The molecule has 1 aromatic rings. The molecule has 0 atom stereocenters. The van der Waals surface area contributed by atoms with Crippen LogP contribution in [-0.4, -0.2) is 11.8 Å². The first-order valence-electron chi connectivity index (χ1n) is 8.89. The van der Waals surface area contributed by atoms with Crippen molar-refractivity contribution in [1.82, 2.24) is 0 Å². The van der Waals surface area contributed by atoms with Crippen molar-refractivity contribution in [2.24, 2.45) is 0 Å². The summed E-state index contributed by atoms with van der Waals surface area (Å²) in [6, 6.07) is 8.86. The van der Waals surface area contributed by atoms with Gasteiger partial charge in [-0.15, -0.1) is 11.8 Å². The SMILES string of the molecule is CCCCCCCCNc1ccccc1SC1CCCC1. The summed E-state index contributed by atoms with van der Waals surface area (Å²) in [6.45, 7) is 3.40. The van der Waals surface area contributed by atoms with E-state index in [1.165, 1.54) is 74.8 Å². The van der Waals surface area contributed by atoms with E-state index in [0.29, 0.717) is 0 Å². The molecule has 0 unspecified atom stereocenters. The molecule has 1 aliphatic rings. The molecule has 0 bridgehead atoms. The summed E-state index contributed by atoms with van der Waals surface area (Å²) in [4.78, 5) is 1.45. The third-order valence-corrected chi connectivity index (χ3v) is 5.74. The molecule has 1 aliphatic carbocycles. The van der Waals surface area contributed by atoms with Crippen molar-refractivity contribution in [3.63, 3.8) is 0 Å². The summed E-state index contributed by atoms with van der Waals surface area (Å²) in [5.74, 6) is 0. The molecule has 2 heteroatoms. The summed E-state index contributed by atoms with van der Waals surface area (Å²) in [6.07, 6.45) is 13.8. The van der Waals surface area contributed by atoms with Crippen LogP contribution in [0.5, 0.6) is 0 Å². The number of hydrogen-bond donors (Lipinski definition) is 1. The Kier molecular flexibility index (Phi) is 8.09. The zero-order valence-electron chi connectivity index (χ0n) is 13.6. The Labute approximate surface area is 135 Å². The van der Waals surface area contributed by atoms with E-state index in [-0.39, 0.29) is 0 Å². The van der Waals surface area contributed by atoms with Gasteiger partial charge in [0.1, 0.15) is 0 Å². The van der Waals surface area contributed by atoms with E-state index >= 15 is 0 Å². The Morgan fingerprint density at radius 1 is 1.00 bits per heavy atom. The Balaban J connectivity index is 1.69. The highest BCUT2D eigenvalue weighted by Crippen LogP contribution is 2.37. The quantitative estimate of drug-likeness (QED) is 0.495. The normalized spacial score (nSPS) is 15.5. The first-order valence-corrected chi connectivity index (χ1v) is 9.77. The molecule has 1 nitrogen and oxygen atoms in total. The van der Waals surface area contributed by atoms with Crippen LogP contribution in [0, 0.1) is 0 Å². The second-order valence-corrected chi connectivity index (χ2v) is 7.56. The number of hydrogen-bond acceptors (Lipinski definition) is 2. The van der Waals surface area contributed by atoms with Gasteiger partial charge in [0.15, 0.2) is 0 Å². The van der Waals surface area contributed by atoms with E-state index in [9.17, 15) is 0 Å². The van der Waals surface area contributed by atoms with Gasteiger partial charge in [-0.2, -0.15) is 0 Å². The lowest BCUT2D eigenvalue weighted by molar-refractivity contribution is 0.617. The molecule has 0 heterocycles. The smallest absolute Gasteiger partial charge is 0.0478 e. The second-order valence-electron chi connectivity index (χ2n) is 6.22. The highest BCUT2D eigenvalue weighted by molar-refractivity contribution is 8.00. The molecule has 0 radical (unpaired) electrons. The van der Waals surface area contributed by atoms with Crippen LogP contribution in [-0.2, 0) is 0 Å². The van der Waals surface area contributed by atoms with E-state index in [1.54, 1.807) is 0 Å². The molecule has 0 aromatic heterocycles. The maximum absolute atomic E-state index is 3.66. The molecule has 2 rings (SSSR count). The number of anilines is 1. The van der Waals surface area contributed by atoms with Crippen LogP contribution < -0.4 is 5.32 Å². The fraction of sp³-hybridized carbons (Fsp3) is 0.684. The van der Waals surface area contributed by atoms with E-state index in [1.807, 2.05) is 0 Å². The first-order chi connectivity index (χ1) is 10.4. The number of nitrogens with one attached hydrogen (secondary N) is 1. The monoisotopic (exact) mass is 305 g/mol. The van der Waals surface area contributed by atoms with Crippen molar-refractivity contribution >= 4 is 17.4 Å². The molecule has 1 fully saturated rings. The van der Waals surface area contributed by atoms with Crippen LogP contribution in [0.4, 0.5) is 5.69 Å². The minimum atomic E-state index is 0.849. The number of unbranched alkanes of at least 4 members (excludes halogenated alkanes) is 5. The van der Waals surface area contributed by atoms with Crippen molar-refractivity contribution in [2.75, 3.05) is 11.9 Å². The fourth-order valence-electron chi connectivity index (χ4n) is 3.03. The number of thioether (sulfide) groups is 1. The summed E-state index contributed by atoms with van der Waals surface area (Å²) in [5, 5.41) is 4.51. The van der Waals surface area contributed by atoms with Crippen molar-refractivity contribution in [3.05, 3.63) is 24.3 Å². The van der Waals surface area contributed by atoms with Crippen molar-refractivity contribution in [2.45, 2.75) is 81.3 Å². The Bertz CT molecular complexity index is 385. The molecule has 0 amide bonds. The van der Waals surface area contributed by atoms with Crippen molar-refractivity contribution in [1.29, 1.82) is 0 Å². The Hall–Kier alpha value is -0.630. The van der Waals surface area contributed by atoms with Crippen molar-refractivity contribution < 1.29 is 0 Å². The molecule has 21 heavy (non-hydrogen) atoms. The molecule has 0 saturated heterocycles. The average Bonchev–Trinajstić information content (AvgIpc) is 3.01. The molecule has 1 saturated carbocycles. The lowest BCUT2D eigenvalue weighted by Gasteiger charge is -2.14. The molecule has 0 aliphatic heterocycles. The lowest BCUT2D eigenvalue weighted by Crippen LogP contribution is -2.03. The third kappa shape index (κ3) is 6.34. The van der Waals surface area contributed by atoms with Gasteiger partial charge in [-0.1, -0.05) is 64.0 Å². The largest absolute Gasteiger partial charge is 0.384 e. The predicted molar refractivity (Wildman–Crippen MR) is 96.4 cm³/mol. The molecule has 1 N–H and O–H groups in total. The van der Waals surface area contributed by atoms with Gasteiger partial charge in [-0.3, -0.25) is 0 Å². The Morgan fingerprint density at radius 3 is 2.52 bits per heavy atom. The van der Waals surface area contributed by atoms with Gasteiger partial charge in [0.2, 0.25) is 0 Å². The standard InChI is InChI=1S/C19H31NS/c1-2-3-4-5-6-11-16-20-18-14-9-10-15-19(18)21-17-12-7-8-13-17/h9-10,14-15,17,20H,2-8,11-13,16H2,1H3. The molecule has 1 aromatic carbocycles. The molecule has 0 spiro atoms. The summed E-state index contributed by atoms with van der Waals surface area (Å²) in [7, 11) is 0. The number of para-hydroxylation sites is 1. The highest BCUT2D eigenvalue weighted by atomic mass is 32.2. The Morgan fingerprint density at radius 2 is 1.71 bits per heavy atom.